The number of thioether (sulfide) groups is 2. The Balaban J connectivity index is 1.75. The Morgan fingerprint density at radius 1 is 1.12 bits per heavy atom. The van der Waals surface area contributed by atoms with E-state index in [1.165, 1.54) is 33.1 Å². The summed E-state index contributed by atoms with van der Waals surface area (Å²) in [6.07, 6.45) is 3.44. The summed E-state index contributed by atoms with van der Waals surface area (Å²) in [6.45, 7) is 0. The molecule has 0 aliphatic heterocycles. The lowest BCUT2D eigenvalue weighted by Crippen LogP contribution is -2.22. The van der Waals surface area contributed by atoms with E-state index in [4.69, 9.17) is 0 Å². The van der Waals surface area contributed by atoms with Gasteiger partial charge in [0.1, 0.15) is 6.33 Å². The van der Waals surface area contributed by atoms with Crippen molar-refractivity contribution in [1.82, 2.24) is 24.7 Å². The minimum atomic E-state index is -0.160. The molecule has 0 saturated heterocycles. The first-order valence-corrected chi connectivity index (χ1v) is 10.1. The highest BCUT2D eigenvalue weighted by atomic mass is 32.2. The van der Waals surface area contributed by atoms with E-state index in [1.54, 1.807) is 17.8 Å². The average Bonchev–Trinajstić information content (AvgIpc) is 3.21. The van der Waals surface area contributed by atoms with Gasteiger partial charge >= 0.3 is 0 Å². The molecule has 4 aromatic rings. The molecule has 1 N–H and O–H groups in total. The van der Waals surface area contributed by atoms with Crippen LogP contribution in [0.25, 0.3) is 16.9 Å². The quantitative estimate of drug-likeness (QED) is 0.421. The fraction of sp³-hybridized carbons (Fsp3) is 0.111. The van der Waals surface area contributed by atoms with Crippen molar-refractivity contribution in [2.75, 3.05) is 6.26 Å². The Bertz CT molecular complexity index is 1090. The van der Waals surface area contributed by atoms with Crippen molar-refractivity contribution in [1.29, 1.82) is 0 Å². The van der Waals surface area contributed by atoms with Crippen LogP contribution in [0, 0.1) is 0 Å². The van der Waals surface area contributed by atoms with E-state index in [2.05, 4.69) is 50.7 Å². The summed E-state index contributed by atoms with van der Waals surface area (Å²) in [5.74, 6) is 1.07. The Labute approximate surface area is 158 Å². The lowest BCUT2D eigenvalue weighted by atomic mass is 10.2. The average molecular weight is 381 g/mol. The van der Waals surface area contributed by atoms with E-state index < -0.39 is 0 Å². The smallest absolute Gasteiger partial charge is 0.268 e. The Hall–Kier alpha value is -2.58. The number of aromatic amines is 1. The van der Waals surface area contributed by atoms with Gasteiger partial charge in [-0.1, -0.05) is 36.0 Å². The number of aromatic nitrogens is 5. The summed E-state index contributed by atoms with van der Waals surface area (Å²) in [6, 6.07) is 15.7. The monoisotopic (exact) mass is 381 g/mol. The number of rotatable bonds is 5. The SMILES string of the molecule is CSc1ccc(CSc2nc3ccccc3c(=O)n2-c2ncn[nH]2)cc1. The van der Waals surface area contributed by atoms with Crippen LogP contribution in [0.1, 0.15) is 5.56 Å². The highest BCUT2D eigenvalue weighted by Gasteiger charge is 2.15. The zero-order valence-electron chi connectivity index (χ0n) is 13.9. The van der Waals surface area contributed by atoms with E-state index in [1.807, 2.05) is 18.2 Å². The normalized spacial score (nSPS) is 11.1. The third-order valence-corrected chi connectivity index (χ3v) is 5.64. The molecule has 2 aromatic carbocycles. The minimum absolute atomic E-state index is 0.160. The molecule has 4 rings (SSSR count). The maximum Gasteiger partial charge on any atom is 0.269 e. The third-order valence-electron chi connectivity index (χ3n) is 3.89. The Morgan fingerprint density at radius 3 is 2.65 bits per heavy atom. The third kappa shape index (κ3) is 3.25. The summed E-state index contributed by atoms with van der Waals surface area (Å²) < 4.78 is 1.48. The van der Waals surface area contributed by atoms with E-state index >= 15 is 0 Å². The molecule has 0 amide bonds. The maximum absolute atomic E-state index is 13.0. The van der Waals surface area contributed by atoms with Crippen molar-refractivity contribution >= 4 is 34.4 Å². The summed E-state index contributed by atoms with van der Waals surface area (Å²) in [4.78, 5) is 23.0. The zero-order valence-corrected chi connectivity index (χ0v) is 15.5. The molecule has 0 fully saturated rings. The topological polar surface area (TPSA) is 76.5 Å². The fourth-order valence-electron chi connectivity index (χ4n) is 2.57. The van der Waals surface area contributed by atoms with Gasteiger partial charge in [-0.2, -0.15) is 10.1 Å². The lowest BCUT2D eigenvalue weighted by Gasteiger charge is -2.10. The number of para-hydroxylation sites is 1. The Morgan fingerprint density at radius 2 is 1.92 bits per heavy atom. The molecular weight excluding hydrogens is 366 g/mol. The van der Waals surface area contributed by atoms with Crippen molar-refractivity contribution in [2.24, 2.45) is 0 Å². The molecule has 0 saturated carbocycles. The number of nitrogens with one attached hydrogen (secondary N) is 1. The van der Waals surface area contributed by atoms with Crippen LogP contribution in [0.3, 0.4) is 0 Å². The zero-order chi connectivity index (χ0) is 17.9. The standard InChI is InChI=1S/C18H15N5OS2/c1-25-13-8-6-12(7-9-13)10-26-18-21-15-5-3-2-4-14(15)16(24)23(18)17-19-11-20-22-17/h2-9,11H,10H2,1H3,(H,19,20,22). The molecule has 0 radical (unpaired) electrons. The Kier molecular flexibility index (Phi) is 4.77. The van der Waals surface area contributed by atoms with E-state index in [0.29, 0.717) is 27.8 Å². The van der Waals surface area contributed by atoms with Crippen LogP contribution in [0.2, 0.25) is 0 Å². The predicted octanol–water partition coefficient (Wildman–Crippen LogP) is 3.52. The molecule has 0 aliphatic carbocycles. The van der Waals surface area contributed by atoms with Gasteiger partial charge < -0.3 is 0 Å². The van der Waals surface area contributed by atoms with Crippen molar-refractivity contribution < 1.29 is 0 Å². The van der Waals surface area contributed by atoms with Gasteiger partial charge in [0.25, 0.3) is 5.56 Å². The van der Waals surface area contributed by atoms with Crippen molar-refractivity contribution in [3.63, 3.8) is 0 Å². The number of fused-ring (bicyclic) bond motifs is 1. The fourth-order valence-corrected chi connectivity index (χ4v) is 3.93. The maximum atomic E-state index is 13.0. The second-order valence-electron chi connectivity index (χ2n) is 5.50. The van der Waals surface area contributed by atoms with Gasteiger partial charge in [-0.25, -0.2) is 14.6 Å². The number of H-pyrrole nitrogens is 1. The molecule has 0 aliphatic rings. The second-order valence-corrected chi connectivity index (χ2v) is 7.32. The first-order valence-electron chi connectivity index (χ1n) is 7.89. The largest absolute Gasteiger partial charge is 0.269 e. The van der Waals surface area contributed by atoms with Crippen LogP contribution >= 0.6 is 23.5 Å². The predicted molar refractivity (Wildman–Crippen MR) is 105 cm³/mol. The minimum Gasteiger partial charge on any atom is -0.268 e. The molecule has 0 spiro atoms. The first-order chi connectivity index (χ1) is 12.8. The van der Waals surface area contributed by atoms with Crippen molar-refractivity contribution in [2.45, 2.75) is 15.8 Å². The molecular formula is C18H15N5OS2. The lowest BCUT2D eigenvalue weighted by molar-refractivity contribution is 0.771. The van der Waals surface area contributed by atoms with Crippen LogP contribution < -0.4 is 5.56 Å². The summed E-state index contributed by atoms with van der Waals surface area (Å²) in [5.41, 5.74) is 1.68. The summed E-state index contributed by atoms with van der Waals surface area (Å²) in [7, 11) is 0. The summed E-state index contributed by atoms with van der Waals surface area (Å²) >= 11 is 3.21. The van der Waals surface area contributed by atoms with Gasteiger partial charge in [-0.15, -0.1) is 11.8 Å². The van der Waals surface area contributed by atoms with Gasteiger partial charge in [0.2, 0.25) is 5.95 Å². The molecule has 2 aromatic heterocycles. The van der Waals surface area contributed by atoms with Gasteiger partial charge in [0.05, 0.1) is 10.9 Å². The second kappa shape index (κ2) is 7.35. The molecule has 8 heteroatoms. The van der Waals surface area contributed by atoms with Crippen molar-refractivity contribution in [3.05, 3.63) is 70.8 Å². The number of hydrogen-bond acceptors (Lipinski definition) is 6. The molecule has 130 valence electrons. The van der Waals surface area contributed by atoms with Crippen molar-refractivity contribution in [3.8, 4) is 5.95 Å². The molecule has 0 atom stereocenters. The van der Waals surface area contributed by atoms with Crippen LogP contribution in [-0.2, 0) is 5.75 Å². The van der Waals surface area contributed by atoms with Gasteiger partial charge in [-0.3, -0.25) is 4.79 Å². The van der Waals surface area contributed by atoms with E-state index in [-0.39, 0.29) is 5.56 Å². The highest BCUT2D eigenvalue weighted by molar-refractivity contribution is 7.98. The van der Waals surface area contributed by atoms with Gasteiger partial charge in [0.15, 0.2) is 5.16 Å². The molecule has 26 heavy (non-hydrogen) atoms. The van der Waals surface area contributed by atoms with Crippen LogP contribution in [0.15, 0.2) is 69.7 Å². The molecule has 0 bridgehead atoms. The summed E-state index contributed by atoms with van der Waals surface area (Å²) in [5, 5.41) is 7.76. The van der Waals surface area contributed by atoms with Gasteiger partial charge in [-0.05, 0) is 36.1 Å². The number of nitrogens with zero attached hydrogens (tertiary/aromatic N) is 4. The van der Waals surface area contributed by atoms with E-state index in [9.17, 15) is 4.79 Å². The van der Waals surface area contributed by atoms with Crippen LogP contribution in [0.4, 0.5) is 0 Å². The molecule has 0 unspecified atom stereocenters. The first kappa shape index (κ1) is 16.9. The van der Waals surface area contributed by atoms with Gasteiger partial charge in [0, 0.05) is 10.6 Å². The highest BCUT2D eigenvalue weighted by Crippen LogP contribution is 2.24. The van der Waals surface area contributed by atoms with Crippen LogP contribution in [0.5, 0.6) is 0 Å². The van der Waals surface area contributed by atoms with E-state index in [0.717, 1.165) is 0 Å². The number of hydrogen-bond donors (Lipinski definition) is 1. The molecule has 2 heterocycles. The van der Waals surface area contributed by atoms with Crippen LogP contribution in [-0.4, -0.2) is 31.0 Å². The number of benzene rings is 2. The molecule has 6 nitrogen and oxygen atoms in total.